The second kappa shape index (κ2) is 4.61. The Morgan fingerprint density at radius 1 is 0.739 bits per heavy atom. The first-order chi connectivity index (χ1) is 11.4. The zero-order valence-electron chi connectivity index (χ0n) is 12.1. The second-order valence-electron chi connectivity index (χ2n) is 5.43. The third-order valence-electron chi connectivity index (χ3n) is 4.06. The van der Waals surface area contributed by atoms with E-state index >= 15 is 0 Å². The zero-order valence-corrected chi connectivity index (χ0v) is 12.1. The van der Waals surface area contributed by atoms with Gasteiger partial charge in [-0.25, -0.2) is 0 Å². The van der Waals surface area contributed by atoms with Crippen molar-refractivity contribution < 1.29 is 4.42 Å². The molecule has 2 aromatic carbocycles. The van der Waals surface area contributed by atoms with Crippen LogP contribution in [0.5, 0.6) is 0 Å². The van der Waals surface area contributed by atoms with Gasteiger partial charge in [0.15, 0.2) is 0 Å². The molecule has 0 spiro atoms. The fourth-order valence-electron chi connectivity index (χ4n) is 2.97. The molecule has 0 saturated carbocycles. The van der Waals surface area contributed by atoms with Gasteiger partial charge in [0.1, 0.15) is 11.3 Å². The predicted molar refractivity (Wildman–Crippen MR) is 90.0 cm³/mol. The minimum absolute atomic E-state index is 0.551. The summed E-state index contributed by atoms with van der Waals surface area (Å²) in [6.07, 6.45) is 1.80. The lowest BCUT2D eigenvalue weighted by Gasteiger charge is -2.04. The molecular weight excluding hydrogens is 286 g/mol. The Kier molecular flexibility index (Phi) is 2.46. The Bertz CT molecular complexity index is 1170. The highest BCUT2D eigenvalue weighted by Gasteiger charge is 2.12. The fourth-order valence-corrected chi connectivity index (χ4v) is 2.97. The summed E-state index contributed by atoms with van der Waals surface area (Å²) in [5, 5.41) is 12.8. The fraction of sp³-hybridized carbons (Fsp3) is 0. The van der Waals surface area contributed by atoms with Gasteiger partial charge in [-0.15, -0.1) is 10.2 Å². The van der Waals surface area contributed by atoms with Crippen LogP contribution in [0.4, 0.5) is 0 Å². The molecule has 0 radical (unpaired) electrons. The number of aromatic nitrogens is 3. The maximum absolute atomic E-state index is 5.74. The van der Waals surface area contributed by atoms with Crippen LogP contribution >= 0.6 is 0 Å². The van der Waals surface area contributed by atoms with Crippen molar-refractivity contribution >= 4 is 32.8 Å². The quantitative estimate of drug-likeness (QED) is 0.454. The van der Waals surface area contributed by atoms with Crippen LogP contribution in [0.2, 0.25) is 0 Å². The topological polar surface area (TPSA) is 51.8 Å². The van der Waals surface area contributed by atoms with Gasteiger partial charge in [0, 0.05) is 17.0 Å². The van der Waals surface area contributed by atoms with E-state index in [4.69, 9.17) is 4.42 Å². The molecule has 0 aliphatic carbocycles. The van der Waals surface area contributed by atoms with E-state index in [1.807, 2.05) is 48.5 Å². The number of para-hydroxylation sites is 1. The first-order valence-electron chi connectivity index (χ1n) is 7.39. The summed E-state index contributed by atoms with van der Waals surface area (Å²) < 4.78 is 5.74. The third-order valence-corrected chi connectivity index (χ3v) is 4.06. The van der Waals surface area contributed by atoms with Gasteiger partial charge in [-0.05, 0) is 23.6 Å². The van der Waals surface area contributed by atoms with Crippen molar-refractivity contribution in [1.82, 2.24) is 15.2 Å². The summed E-state index contributed by atoms with van der Waals surface area (Å²) in [5.41, 5.74) is 2.96. The summed E-state index contributed by atoms with van der Waals surface area (Å²) in [6.45, 7) is 0. The van der Waals surface area contributed by atoms with Crippen LogP contribution in [-0.4, -0.2) is 15.2 Å². The molecule has 108 valence electrons. The second-order valence-corrected chi connectivity index (χ2v) is 5.43. The number of furan rings is 1. The molecule has 0 amide bonds. The molecule has 4 heteroatoms. The van der Waals surface area contributed by atoms with E-state index in [0.29, 0.717) is 5.71 Å². The van der Waals surface area contributed by atoms with Crippen LogP contribution in [-0.2, 0) is 0 Å². The van der Waals surface area contributed by atoms with Gasteiger partial charge in [0.2, 0.25) is 5.71 Å². The van der Waals surface area contributed by atoms with E-state index in [1.54, 1.807) is 6.20 Å². The highest BCUT2D eigenvalue weighted by molar-refractivity contribution is 6.05. The van der Waals surface area contributed by atoms with Gasteiger partial charge < -0.3 is 4.42 Å². The molecule has 0 atom stereocenters. The minimum atomic E-state index is 0.551. The van der Waals surface area contributed by atoms with Crippen molar-refractivity contribution in [3.05, 3.63) is 66.9 Å². The first-order valence-corrected chi connectivity index (χ1v) is 7.39. The number of benzene rings is 2. The molecule has 0 aliphatic heterocycles. The highest BCUT2D eigenvalue weighted by atomic mass is 16.3. The standard InChI is InChI=1S/C19H11N3O/c1-2-6-13-12(5-1)9-10-20-18(13)16-11-15-14-7-3-4-8-17(14)23-19(15)22-21-16/h1-11H. The molecular formula is C19H11N3O. The van der Waals surface area contributed by atoms with E-state index < -0.39 is 0 Å². The maximum Gasteiger partial charge on any atom is 0.247 e. The number of rotatable bonds is 1. The molecule has 0 N–H and O–H groups in total. The van der Waals surface area contributed by atoms with Gasteiger partial charge in [-0.1, -0.05) is 42.5 Å². The third kappa shape index (κ3) is 1.82. The highest BCUT2D eigenvalue weighted by Crippen LogP contribution is 2.31. The van der Waals surface area contributed by atoms with Crippen molar-refractivity contribution in [2.75, 3.05) is 0 Å². The predicted octanol–water partition coefficient (Wildman–Crippen LogP) is 4.59. The van der Waals surface area contributed by atoms with Crippen molar-refractivity contribution in [2.24, 2.45) is 0 Å². The molecule has 0 aliphatic rings. The Morgan fingerprint density at radius 2 is 1.57 bits per heavy atom. The van der Waals surface area contributed by atoms with Crippen LogP contribution < -0.4 is 0 Å². The molecule has 0 fully saturated rings. The van der Waals surface area contributed by atoms with E-state index in [0.717, 1.165) is 38.5 Å². The summed E-state index contributed by atoms with van der Waals surface area (Å²) in [6, 6.07) is 20.1. The van der Waals surface area contributed by atoms with E-state index in [-0.39, 0.29) is 0 Å². The van der Waals surface area contributed by atoms with Crippen LogP contribution in [0.25, 0.3) is 44.2 Å². The summed E-state index contributed by atoms with van der Waals surface area (Å²) >= 11 is 0. The van der Waals surface area contributed by atoms with Crippen molar-refractivity contribution in [3.63, 3.8) is 0 Å². The van der Waals surface area contributed by atoms with Gasteiger partial charge in [-0.2, -0.15) is 0 Å². The average Bonchev–Trinajstić information content (AvgIpc) is 2.99. The lowest BCUT2D eigenvalue weighted by Crippen LogP contribution is -1.91. The molecule has 0 bridgehead atoms. The number of pyridine rings is 1. The summed E-state index contributed by atoms with van der Waals surface area (Å²) in [7, 11) is 0. The van der Waals surface area contributed by atoms with E-state index in [1.165, 1.54) is 0 Å². The number of fused-ring (bicyclic) bond motifs is 4. The minimum Gasteiger partial charge on any atom is -0.436 e. The lowest BCUT2D eigenvalue weighted by atomic mass is 10.1. The molecule has 3 heterocycles. The van der Waals surface area contributed by atoms with Crippen molar-refractivity contribution in [2.45, 2.75) is 0 Å². The largest absolute Gasteiger partial charge is 0.436 e. The number of nitrogens with zero attached hydrogens (tertiary/aromatic N) is 3. The molecule has 5 rings (SSSR count). The molecule has 4 nitrogen and oxygen atoms in total. The van der Waals surface area contributed by atoms with E-state index in [9.17, 15) is 0 Å². The van der Waals surface area contributed by atoms with Crippen LogP contribution in [0, 0.1) is 0 Å². The average molecular weight is 297 g/mol. The Morgan fingerprint density at radius 3 is 2.52 bits per heavy atom. The van der Waals surface area contributed by atoms with Gasteiger partial charge in [0.05, 0.1) is 11.1 Å². The molecule has 5 aromatic rings. The summed E-state index contributed by atoms with van der Waals surface area (Å²) in [5.74, 6) is 0. The Hall–Kier alpha value is -3.27. The van der Waals surface area contributed by atoms with Gasteiger partial charge >= 0.3 is 0 Å². The van der Waals surface area contributed by atoms with Crippen LogP contribution in [0.15, 0.2) is 71.3 Å². The SMILES string of the molecule is c1ccc2c(-c3cc4c(nn3)oc3ccccc34)nccc2c1. The Balaban J connectivity index is 1.84. The smallest absolute Gasteiger partial charge is 0.247 e. The molecule has 0 saturated heterocycles. The molecule has 23 heavy (non-hydrogen) atoms. The first kappa shape index (κ1) is 12.3. The number of hydrogen-bond acceptors (Lipinski definition) is 4. The van der Waals surface area contributed by atoms with Crippen LogP contribution in [0.1, 0.15) is 0 Å². The van der Waals surface area contributed by atoms with Crippen molar-refractivity contribution in [1.29, 1.82) is 0 Å². The van der Waals surface area contributed by atoms with E-state index in [2.05, 4.69) is 27.3 Å². The lowest BCUT2D eigenvalue weighted by molar-refractivity contribution is 0.646. The van der Waals surface area contributed by atoms with Gasteiger partial charge in [-0.3, -0.25) is 4.98 Å². The zero-order chi connectivity index (χ0) is 15.2. The molecule has 3 aromatic heterocycles. The van der Waals surface area contributed by atoms with Crippen LogP contribution in [0.3, 0.4) is 0 Å². The monoisotopic (exact) mass is 297 g/mol. The number of hydrogen-bond donors (Lipinski definition) is 0. The molecule has 0 unspecified atom stereocenters. The van der Waals surface area contributed by atoms with Gasteiger partial charge in [0.25, 0.3) is 0 Å². The van der Waals surface area contributed by atoms with Crippen molar-refractivity contribution in [3.8, 4) is 11.4 Å². The normalized spacial score (nSPS) is 11.5. The summed E-state index contributed by atoms with van der Waals surface area (Å²) in [4.78, 5) is 4.52. The Labute approximate surface area is 131 Å². The maximum atomic E-state index is 5.74.